The third-order valence-corrected chi connectivity index (χ3v) is 2.35. The van der Waals surface area contributed by atoms with E-state index >= 15 is 0 Å². The summed E-state index contributed by atoms with van der Waals surface area (Å²) in [6, 6.07) is 3.26. The smallest absolute Gasteiger partial charge is 0.345 e. The van der Waals surface area contributed by atoms with Gasteiger partial charge < -0.3 is 4.90 Å². The van der Waals surface area contributed by atoms with Crippen LogP contribution in [0.1, 0.15) is 15.9 Å². The zero-order valence-electron chi connectivity index (χ0n) is 8.60. The second-order valence-electron chi connectivity index (χ2n) is 3.36. The van der Waals surface area contributed by atoms with E-state index in [9.17, 15) is 18.0 Å². The van der Waals surface area contributed by atoms with Crippen molar-refractivity contribution in [2.24, 2.45) is 0 Å². The molecule has 88 valence electrons. The SMILES string of the molecule is CN(C)C(=O)c1cccc(C(F)(F)F)c1Cl. The first kappa shape index (κ1) is 12.8. The summed E-state index contributed by atoms with van der Waals surface area (Å²) in [6.07, 6.45) is -4.56. The van der Waals surface area contributed by atoms with Crippen LogP contribution in [0.15, 0.2) is 18.2 Å². The van der Waals surface area contributed by atoms with Crippen molar-refractivity contribution in [1.82, 2.24) is 4.90 Å². The average Bonchev–Trinajstić information content (AvgIpc) is 2.15. The van der Waals surface area contributed by atoms with Crippen molar-refractivity contribution in [2.75, 3.05) is 14.1 Å². The molecule has 6 heteroatoms. The van der Waals surface area contributed by atoms with Gasteiger partial charge in [-0.15, -0.1) is 0 Å². The summed E-state index contributed by atoms with van der Waals surface area (Å²) in [5.74, 6) is -0.559. The highest BCUT2D eigenvalue weighted by molar-refractivity contribution is 6.34. The predicted octanol–water partition coefficient (Wildman–Crippen LogP) is 3.06. The summed E-state index contributed by atoms with van der Waals surface area (Å²) in [5, 5.41) is -0.561. The molecule has 0 aromatic heterocycles. The Bertz CT molecular complexity index is 415. The number of halogens is 4. The molecule has 0 spiro atoms. The van der Waals surface area contributed by atoms with Gasteiger partial charge in [0.25, 0.3) is 5.91 Å². The molecule has 0 saturated heterocycles. The van der Waals surface area contributed by atoms with Crippen LogP contribution in [0.3, 0.4) is 0 Å². The molecule has 0 saturated carbocycles. The highest BCUT2D eigenvalue weighted by Crippen LogP contribution is 2.36. The molecule has 0 radical (unpaired) electrons. The van der Waals surface area contributed by atoms with Gasteiger partial charge in [0.15, 0.2) is 0 Å². The Morgan fingerprint density at radius 1 is 1.31 bits per heavy atom. The van der Waals surface area contributed by atoms with E-state index in [1.807, 2.05) is 0 Å². The average molecular weight is 252 g/mol. The molecular formula is C10H9ClF3NO. The van der Waals surface area contributed by atoms with E-state index in [1.54, 1.807) is 0 Å². The molecule has 1 amide bonds. The van der Waals surface area contributed by atoms with Crippen LogP contribution in [0, 0.1) is 0 Å². The molecule has 0 unspecified atom stereocenters. The van der Waals surface area contributed by atoms with Gasteiger partial charge in [0, 0.05) is 14.1 Å². The number of alkyl halides is 3. The van der Waals surface area contributed by atoms with Crippen LogP contribution in [0.5, 0.6) is 0 Å². The van der Waals surface area contributed by atoms with Gasteiger partial charge in [-0.05, 0) is 12.1 Å². The lowest BCUT2D eigenvalue weighted by molar-refractivity contribution is -0.137. The van der Waals surface area contributed by atoms with E-state index in [2.05, 4.69) is 0 Å². The zero-order valence-corrected chi connectivity index (χ0v) is 9.36. The Morgan fingerprint density at radius 3 is 2.31 bits per heavy atom. The molecule has 1 rings (SSSR count). The molecule has 0 heterocycles. The summed E-state index contributed by atoms with van der Waals surface area (Å²) >= 11 is 5.56. The molecular weight excluding hydrogens is 243 g/mol. The van der Waals surface area contributed by atoms with Gasteiger partial charge in [-0.3, -0.25) is 4.79 Å². The largest absolute Gasteiger partial charge is 0.417 e. The van der Waals surface area contributed by atoms with Crippen LogP contribution < -0.4 is 0 Å². The van der Waals surface area contributed by atoms with E-state index in [0.29, 0.717) is 0 Å². The topological polar surface area (TPSA) is 20.3 Å². The van der Waals surface area contributed by atoms with Crippen molar-refractivity contribution in [2.45, 2.75) is 6.18 Å². The minimum atomic E-state index is -4.56. The van der Waals surface area contributed by atoms with Gasteiger partial charge in [0.05, 0.1) is 16.1 Å². The minimum absolute atomic E-state index is 0.151. The molecule has 16 heavy (non-hydrogen) atoms. The molecule has 0 fully saturated rings. The number of benzene rings is 1. The second-order valence-corrected chi connectivity index (χ2v) is 3.74. The van der Waals surface area contributed by atoms with Gasteiger partial charge in [-0.2, -0.15) is 13.2 Å². The number of carbonyl (C=O) groups excluding carboxylic acids is 1. The van der Waals surface area contributed by atoms with E-state index in [1.165, 1.54) is 25.1 Å². The van der Waals surface area contributed by atoms with Gasteiger partial charge in [0.1, 0.15) is 0 Å². The van der Waals surface area contributed by atoms with Crippen LogP contribution >= 0.6 is 11.6 Å². The maximum Gasteiger partial charge on any atom is 0.417 e. The molecule has 0 bridgehead atoms. The lowest BCUT2D eigenvalue weighted by Gasteiger charge is -2.14. The Balaban J connectivity index is 3.30. The maximum absolute atomic E-state index is 12.5. The first-order valence-corrected chi connectivity index (χ1v) is 4.70. The highest BCUT2D eigenvalue weighted by atomic mass is 35.5. The third-order valence-electron chi connectivity index (χ3n) is 1.94. The van der Waals surface area contributed by atoms with E-state index in [-0.39, 0.29) is 5.56 Å². The van der Waals surface area contributed by atoms with Crippen LogP contribution in [0.4, 0.5) is 13.2 Å². The van der Waals surface area contributed by atoms with Crippen molar-refractivity contribution in [3.63, 3.8) is 0 Å². The summed E-state index contributed by atoms with van der Waals surface area (Å²) in [4.78, 5) is 12.7. The van der Waals surface area contributed by atoms with Crippen molar-refractivity contribution in [3.8, 4) is 0 Å². The van der Waals surface area contributed by atoms with Gasteiger partial charge in [-0.25, -0.2) is 0 Å². The Morgan fingerprint density at radius 2 is 1.88 bits per heavy atom. The summed E-state index contributed by atoms with van der Waals surface area (Å²) < 4.78 is 37.5. The quantitative estimate of drug-likeness (QED) is 0.751. The fourth-order valence-corrected chi connectivity index (χ4v) is 1.47. The number of carbonyl (C=O) groups is 1. The fourth-order valence-electron chi connectivity index (χ4n) is 1.16. The molecule has 0 aliphatic rings. The lowest BCUT2D eigenvalue weighted by Crippen LogP contribution is -2.22. The van der Waals surface area contributed by atoms with Crippen LogP contribution in [0.2, 0.25) is 5.02 Å². The molecule has 0 atom stereocenters. The summed E-state index contributed by atoms with van der Waals surface area (Å²) in [7, 11) is 2.89. The van der Waals surface area contributed by atoms with E-state index < -0.39 is 22.7 Å². The fraction of sp³-hybridized carbons (Fsp3) is 0.300. The number of nitrogens with zero attached hydrogens (tertiary/aromatic N) is 1. The van der Waals surface area contributed by atoms with Crippen molar-refractivity contribution >= 4 is 17.5 Å². The molecule has 0 aliphatic carbocycles. The van der Waals surface area contributed by atoms with Crippen molar-refractivity contribution < 1.29 is 18.0 Å². The Hall–Kier alpha value is -1.23. The van der Waals surface area contributed by atoms with Gasteiger partial charge >= 0.3 is 6.18 Å². The second kappa shape index (κ2) is 4.33. The van der Waals surface area contributed by atoms with E-state index in [4.69, 9.17) is 11.6 Å². The third kappa shape index (κ3) is 2.47. The molecule has 0 aliphatic heterocycles. The number of amides is 1. The van der Waals surface area contributed by atoms with Crippen molar-refractivity contribution in [3.05, 3.63) is 34.3 Å². The summed E-state index contributed by atoms with van der Waals surface area (Å²) in [5.41, 5.74) is -1.15. The molecule has 1 aromatic carbocycles. The highest BCUT2D eigenvalue weighted by Gasteiger charge is 2.34. The Kier molecular flexibility index (Phi) is 3.48. The molecule has 1 aromatic rings. The standard InChI is InChI=1S/C10H9ClF3NO/c1-15(2)9(16)6-4-3-5-7(8(6)11)10(12,13)14/h3-5H,1-2H3. The van der Waals surface area contributed by atoms with Crippen LogP contribution in [0.25, 0.3) is 0 Å². The molecule has 2 nitrogen and oxygen atoms in total. The zero-order chi connectivity index (χ0) is 12.5. The minimum Gasteiger partial charge on any atom is -0.345 e. The number of hydrogen-bond donors (Lipinski definition) is 0. The van der Waals surface area contributed by atoms with Crippen LogP contribution in [-0.4, -0.2) is 24.9 Å². The van der Waals surface area contributed by atoms with Gasteiger partial charge in [0.2, 0.25) is 0 Å². The Labute approximate surface area is 95.6 Å². The first-order valence-electron chi connectivity index (χ1n) is 4.32. The molecule has 0 N–H and O–H groups in total. The van der Waals surface area contributed by atoms with Crippen LogP contribution in [-0.2, 0) is 6.18 Å². The normalized spacial score (nSPS) is 11.4. The monoisotopic (exact) mass is 251 g/mol. The lowest BCUT2D eigenvalue weighted by atomic mass is 10.1. The number of hydrogen-bond acceptors (Lipinski definition) is 1. The van der Waals surface area contributed by atoms with Gasteiger partial charge in [-0.1, -0.05) is 17.7 Å². The first-order chi connectivity index (χ1) is 7.25. The maximum atomic E-state index is 12.5. The predicted molar refractivity (Wildman–Crippen MR) is 54.5 cm³/mol. The van der Waals surface area contributed by atoms with Crippen molar-refractivity contribution in [1.29, 1.82) is 0 Å². The summed E-state index contributed by atoms with van der Waals surface area (Å²) in [6.45, 7) is 0. The van der Waals surface area contributed by atoms with E-state index in [0.717, 1.165) is 12.1 Å². The number of rotatable bonds is 1.